The normalized spacial score (nSPS) is 10.0. The second-order valence-corrected chi connectivity index (χ2v) is 3.25. The van der Waals surface area contributed by atoms with Gasteiger partial charge in [0.15, 0.2) is 0 Å². The average molecular weight is 152 g/mol. The van der Waals surface area contributed by atoms with Crippen LogP contribution in [0, 0.1) is 0 Å². The third-order valence-corrected chi connectivity index (χ3v) is 2.01. The number of rotatable bonds is 2. The van der Waals surface area contributed by atoms with Gasteiger partial charge in [0.1, 0.15) is 0 Å². The summed E-state index contributed by atoms with van der Waals surface area (Å²) < 4.78 is 0. The molecule has 0 N–H and O–H groups in total. The first kappa shape index (κ1) is 6.48. The van der Waals surface area contributed by atoms with Crippen molar-refractivity contribution in [3.05, 3.63) is 0 Å². The van der Waals surface area contributed by atoms with E-state index in [1.54, 1.807) is 0 Å². The van der Waals surface area contributed by atoms with Crippen LogP contribution in [0.5, 0.6) is 0 Å². The molecule has 0 spiro atoms. The average Bonchev–Trinajstić information content (AvgIpc) is 1.35. The van der Waals surface area contributed by atoms with Gasteiger partial charge >= 0.3 is 45.2 Å². The van der Waals surface area contributed by atoms with Crippen molar-refractivity contribution in [2.75, 3.05) is 19.5 Å². The third-order valence-electron chi connectivity index (χ3n) is 0.387. The molecule has 0 radical (unpaired) electrons. The van der Waals surface area contributed by atoms with Gasteiger partial charge in [0.2, 0.25) is 0 Å². The molecule has 6 heavy (non-hydrogen) atoms. The van der Waals surface area contributed by atoms with Crippen LogP contribution >= 0.6 is 0 Å². The Morgan fingerprint density at radius 3 is 2.00 bits per heavy atom. The first-order chi connectivity index (χ1) is 2.77. The molecule has 0 rings (SSSR count). The van der Waals surface area contributed by atoms with Crippen LogP contribution in [0.15, 0.2) is 0 Å². The minimum absolute atomic E-state index is 0.823. The van der Waals surface area contributed by atoms with Crippen molar-refractivity contribution in [3.63, 3.8) is 0 Å². The maximum atomic E-state index is 2.24. The summed E-state index contributed by atoms with van der Waals surface area (Å²) in [5.41, 5.74) is 1.27. The Kier molecular flexibility index (Phi) is 3.95. The fourth-order valence-corrected chi connectivity index (χ4v) is 1.34. The van der Waals surface area contributed by atoms with Crippen LogP contribution < -0.4 is 0 Å². The molecule has 0 aliphatic rings. The quantitative estimate of drug-likeness (QED) is 0.513. The zero-order valence-electron chi connectivity index (χ0n) is 4.56. The van der Waals surface area contributed by atoms with E-state index in [2.05, 4.69) is 24.8 Å². The van der Waals surface area contributed by atoms with Gasteiger partial charge in [-0.05, 0) is 0 Å². The van der Waals surface area contributed by atoms with Gasteiger partial charge in [-0.2, -0.15) is 0 Å². The van der Waals surface area contributed by atoms with Crippen LogP contribution in [-0.4, -0.2) is 39.4 Å². The van der Waals surface area contributed by atoms with Crippen molar-refractivity contribution in [3.8, 4) is 0 Å². The summed E-state index contributed by atoms with van der Waals surface area (Å²) in [6, 6.07) is 0. The van der Waals surface area contributed by atoms with Gasteiger partial charge in [-0.1, -0.05) is 0 Å². The summed E-state index contributed by atoms with van der Waals surface area (Å²) in [4.78, 5) is 2.21. The summed E-state index contributed by atoms with van der Waals surface area (Å²) in [6.45, 7) is 0. The zero-order chi connectivity index (χ0) is 4.99. The Balaban J connectivity index is 2.63. The van der Waals surface area contributed by atoms with Gasteiger partial charge < -0.3 is 0 Å². The van der Waals surface area contributed by atoms with Crippen LogP contribution in [0.4, 0.5) is 0 Å². The van der Waals surface area contributed by atoms with Gasteiger partial charge in [0, 0.05) is 0 Å². The van der Waals surface area contributed by atoms with E-state index in [4.69, 9.17) is 0 Å². The predicted octanol–water partition coefficient (Wildman–Crippen LogP) is 0.258. The first-order valence-corrected chi connectivity index (χ1v) is 4.83. The van der Waals surface area contributed by atoms with Crippen LogP contribution in [-0.2, 0) is 0 Å². The van der Waals surface area contributed by atoms with E-state index in [0.29, 0.717) is 0 Å². The molecule has 0 unspecified atom stereocenters. The van der Waals surface area contributed by atoms with E-state index in [9.17, 15) is 0 Å². The van der Waals surface area contributed by atoms with Gasteiger partial charge in [-0.3, -0.25) is 0 Å². The van der Waals surface area contributed by atoms with E-state index >= 15 is 0 Å². The minimum atomic E-state index is 0.823. The summed E-state index contributed by atoms with van der Waals surface area (Å²) in [7, 11) is 4.20. The SMILES string of the molecule is C[Se]CN(C)C. The van der Waals surface area contributed by atoms with E-state index in [0.717, 1.165) is 15.0 Å². The standard InChI is InChI=1S/C4H11NSe/c1-5(2)4-6-3/h4H2,1-3H3. The molecular weight excluding hydrogens is 141 g/mol. The summed E-state index contributed by atoms with van der Waals surface area (Å²) in [5, 5.41) is 0. The van der Waals surface area contributed by atoms with Crippen molar-refractivity contribution in [1.82, 2.24) is 4.90 Å². The Hall–Kier alpha value is 0.479. The summed E-state index contributed by atoms with van der Waals surface area (Å²) in [5.74, 6) is 2.24. The Morgan fingerprint density at radius 1 is 1.50 bits per heavy atom. The topological polar surface area (TPSA) is 3.24 Å². The van der Waals surface area contributed by atoms with Crippen molar-refractivity contribution in [2.45, 2.75) is 5.82 Å². The maximum absolute atomic E-state index is 2.24. The van der Waals surface area contributed by atoms with Crippen molar-refractivity contribution < 1.29 is 0 Å². The van der Waals surface area contributed by atoms with Crippen LogP contribution in [0.3, 0.4) is 0 Å². The molecule has 0 aromatic rings. The molecule has 1 nitrogen and oxygen atoms in total. The molecule has 38 valence electrons. The monoisotopic (exact) mass is 153 g/mol. The second-order valence-electron chi connectivity index (χ2n) is 1.50. The second kappa shape index (κ2) is 3.66. The number of nitrogens with zero attached hydrogens (tertiary/aromatic N) is 1. The number of hydrogen-bond donors (Lipinski definition) is 0. The molecule has 0 aromatic carbocycles. The van der Waals surface area contributed by atoms with Gasteiger partial charge in [0.25, 0.3) is 0 Å². The fraction of sp³-hybridized carbons (Fsp3) is 1.00. The fourth-order valence-electron chi connectivity index (χ4n) is 0.258. The molecule has 0 saturated carbocycles. The molecule has 0 saturated heterocycles. The van der Waals surface area contributed by atoms with E-state index in [1.165, 1.54) is 5.44 Å². The molecule has 2 heteroatoms. The molecule has 0 aliphatic heterocycles. The summed E-state index contributed by atoms with van der Waals surface area (Å²) >= 11 is 0.823. The van der Waals surface area contributed by atoms with E-state index in [1.807, 2.05) is 0 Å². The molecule has 0 bridgehead atoms. The van der Waals surface area contributed by atoms with Crippen LogP contribution in [0.2, 0.25) is 5.82 Å². The van der Waals surface area contributed by atoms with E-state index in [-0.39, 0.29) is 0 Å². The first-order valence-electron chi connectivity index (χ1n) is 1.91. The molecule has 0 aliphatic carbocycles. The van der Waals surface area contributed by atoms with Crippen molar-refractivity contribution in [1.29, 1.82) is 0 Å². The Bertz CT molecular complexity index is 28.7. The van der Waals surface area contributed by atoms with Crippen molar-refractivity contribution in [2.24, 2.45) is 0 Å². The van der Waals surface area contributed by atoms with Crippen molar-refractivity contribution >= 4 is 15.0 Å². The zero-order valence-corrected chi connectivity index (χ0v) is 6.28. The molecule has 0 fully saturated rings. The molecular formula is C4H11NSe. The van der Waals surface area contributed by atoms with E-state index < -0.39 is 0 Å². The molecule has 0 heterocycles. The van der Waals surface area contributed by atoms with Gasteiger partial charge in [-0.25, -0.2) is 0 Å². The van der Waals surface area contributed by atoms with Crippen LogP contribution in [0.25, 0.3) is 0 Å². The number of hydrogen-bond acceptors (Lipinski definition) is 1. The van der Waals surface area contributed by atoms with Gasteiger partial charge in [0.05, 0.1) is 0 Å². The van der Waals surface area contributed by atoms with Crippen LogP contribution in [0.1, 0.15) is 0 Å². The summed E-state index contributed by atoms with van der Waals surface area (Å²) in [6.07, 6.45) is 0. The Morgan fingerprint density at radius 2 is 2.00 bits per heavy atom. The molecule has 0 amide bonds. The third kappa shape index (κ3) is 4.48. The molecule has 0 aromatic heterocycles. The van der Waals surface area contributed by atoms with Gasteiger partial charge in [-0.15, -0.1) is 0 Å². The predicted molar refractivity (Wildman–Crippen MR) is 30.2 cm³/mol. The Labute approximate surface area is 45.9 Å². The molecule has 0 atom stereocenters.